The lowest BCUT2D eigenvalue weighted by atomic mass is 10.3. The van der Waals surface area contributed by atoms with Crippen LogP contribution in [-0.2, 0) is 12.8 Å². The van der Waals surface area contributed by atoms with Crippen LogP contribution in [0.25, 0.3) is 0 Å². The Morgan fingerprint density at radius 3 is 2.35 bits per heavy atom. The summed E-state index contributed by atoms with van der Waals surface area (Å²) in [6.07, 6.45) is 6.22. The summed E-state index contributed by atoms with van der Waals surface area (Å²) in [6.45, 7) is 8.26. The molecule has 2 aromatic rings. The Morgan fingerprint density at radius 2 is 1.58 bits per heavy atom. The van der Waals surface area contributed by atoms with Crippen molar-refractivity contribution in [3.8, 4) is 0 Å². The van der Waals surface area contributed by atoms with Crippen molar-refractivity contribution in [2.24, 2.45) is 0 Å². The second-order valence-electron chi connectivity index (χ2n) is 7.56. The van der Waals surface area contributed by atoms with Gasteiger partial charge in [-0.15, -0.1) is 11.3 Å². The van der Waals surface area contributed by atoms with Gasteiger partial charge in [-0.25, -0.2) is 9.97 Å². The fourth-order valence-corrected chi connectivity index (χ4v) is 5.40. The minimum atomic E-state index is 0.896. The number of aryl methyl sites for hydroxylation is 3. The SMILES string of the molecule is Cc1cc(N2CCCC2)nc(N2CCN(c3nc4c(s3)CCC4)CC2)n1. The summed E-state index contributed by atoms with van der Waals surface area (Å²) in [6, 6.07) is 2.13. The van der Waals surface area contributed by atoms with E-state index in [4.69, 9.17) is 15.0 Å². The van der Waals surface area contributed by atoms with Crippen LogP contribution in [0.15, 0.2) is 6.07 Å². The molecule has 0 radical (unpaired) electrons. The molecular weight excluding hydrogens is 344 g/mol. The molecule has 2 saturated heterocycles. The number of fused-ring (bicyclic) bond motifs is 1. The van der Waals surface area contributed by atoms with E-state index in [2.05, 4.69) is 27.7 Å². The zero-order valence-corrected chi connectivity index (χ0v) is 16.3. The highest BCUT2D eigenvalue weighted by Gasteiger charge is 2.25. The average molecular weight is 371 g/mol. The largest absolute Gasteiger partial charge is 0.356 e. The van der Waals surface area contributed by atoms with Gasteiger partial charge in [0.2, 0.25) is 5.95 Å². The molecule has 2 aliphatic heterocycles. The summed E-state index contributed by atoms with van der Waals surface area (Å²) < 4.78 is 0. The quantitative estimate of drug-likeness (QED) is 0.828. The number of anilines is 3. The summed E-state index contributed by atoms with van der Waals surface area (Å²) in [7, 11) is 0. The first-order valence-corrected chi connectivity index (χ1v) is 10.7. The molecule has 138 valence electrons. The zero-order chi connectivity index (χ0) is 17.5. The Bertz CT molecular complexity index is 768. The van der Waals surface area contributed by atoms with Gasteiger partial charge >= 0.3 is 0 Å². The molecule has 0 N–H and O–H groups in total. The van der Waals surface area contributed by atoms with Crippen LogP contribution < -0.4 is 14.7 Å². The molecule has 0 amide bonds. The van der Waals surface area contributed by atoms with Gasteiger partial charge in [0.15, 0.2) is 5.13 Å². The van der Waals surface area contributed by atoms with E-state index >= 15 is 0 Å². The smallest absolute Gasteiger partial charge is 0.227 e. The van der Waals surface area contributed by atoms with E-state index < -0.39 is 0 Å². The first kappa shape index (κ1) is 16.3. The van der Waals surface area contributed by atoms with Crippen molar-refractivity contribution in [2.45, 2.75) is 39.0 Å². The van der Waals surface area contributed by atoms with Crippen molar-refractivity contribution in [3.63, 3.8) is 0 Å². The van der Waals surface area contributed by atoms with Crippen molar-refractivity contribution in [3.05, 3.63) is 22.3 Å². The van der Waals surface area contributed by atoms with E-state index in [1.807, 2.05) is 11.3 Å². The van der Waals surface area contributed by atoms with Crippen LogP contribution in [0.1, 0.15) is 35.5 Å². The van der Waals surface area contributed by atoms with Crippen LogP contribution in [0.4, 0.5) is 16.9 Å². The minimum absolute atomic E-state index is 0.896. The Balaban J connectivity index is 1.29. The third-order valence-electron chi connectivity index (χ3n) is 5.68. The van der Waals surface area contributed by atoms with Crippen LogP contribution in [0.2, 0.25) is 0 Å². The van der Waals surface area contributed by atoms with Crippen LogP contribution in [0.3, 0.4) is 0 Å². The topological polar surface area (TPSA) is 48.4 Å². The van der Waals surface area contributed by atoms with Gasteiger partial charge in [-0.05, 0) is 39.0 Å². The second-order valence-corrected chi connectivity index (χ2v) is 8.62. The lowest BCUT2D eigenvalue weighted by molar-refractivity contribution is 0.636. The standard InChI is InChI=1S/C19H26N6S/c1-14-13-17(23-7-2-3-8-23)22-18(20-14)24-9-11-25(12-10-24)19-21-15-5-4-6-16(15)26-19/h13H,2-12H2,1H3. The van der Waals surface area contributed by atoms with Crippen molar-refractivity contribution in [1.29, 1.82) is 0 Å². The molecule has 0 spiro atoms. The van der Waals surface area contributed by atoms with Crippen LogP contribution in [-0.4, -0.2) is 54.2 Å². The number of piperazine rings is 1. The van der Waals surface area contributed by atoms with E-state index in [9.17, 15) is 0 Å². The lowest BCUT2D eigenvalue weighted by Crippen LogP contribution is -2.47. The summed E-state index contributed by atoms with van der Waals surface area (Å²) >= 11 is 1.91. The first-order chi connectivity index (χ1) is 12.8. The molecule has 1 aliphatic carbocycles. The number of hydrogen-bond acceptors (Lipinski definition) is 7. The first-order valence-electron chi connectivity index (χ1n) is 9.85. The highest BCUT2D eigenvalue weighted by atomic mass is 32.1. The van der Waals surface area contributed by atoms with Crippen LogP contribution in [0, 0.1) is 6.92 Å². The van der Waals surface area contributed by atoms with Gasteiger partial charge in [-0.3, -0.25) is 0 Å². The van der Waals surface area contributed by atoms with E-state index in [-0.39, 0.29) is 0 Å². The maximum atomic E-state index is 4.89. The molecule has 5 rings (SSSR count). The highest BCUT2D eigenvalue weighted by Crippen LogP contribution is 2.33. The summed E-state index contributed by atoms with van der Waals surface area (Å²) in [5.74, 6) is 2.00. The van der Waals surface area contributed by atoms with Gasteiger partial charge in [0.05, 0.1) is 5.69 Å². The zero-order valence-electron chi connectivity index (χ0n) is 15.4. The van der Waals surface area contributed by atoms with Crippen LogP contribution >= 0.6 is 11.3 Å². The van der Waals surface area contributed by atoms with Crippen molar-refractivity contribution in [1.82, 2.24) is 15.0 Å². The van der Waals surface area contributed by atoms with Gasteiger partial charge in [0.1, 0.15) is 5.82 Å². The second kappa shape index (κ2) is 6.68. The summed E-state index contributed by atoms with van der Waals surface area (Å²) in [4.78, 5) is 23.2. The van der Waals surface area contributed by atoms with Gasteiger partial charge < -0.3 is 14.7 Å². The Labute approximate surface area is 158 Å². The monoisotopic (exact) mass is 370 g/mol. The predicted octanol–water partition coefficient (Wildman–Crippen LogP) is 2.66. The van der Waals surface area contributed by atoms with Crippen molar-refractivity contribution >= 4 is 28.2 Å². The molecule has 6 nitrogen and oxygen atoms in total. The number of nitrogens with zero attached hydrogens (tertiary/aromatic N) is 6. The van der Waals surface area contributed by atoms with Gasteiger partial charge in [0.25, 0.3) is 0 Å². The number of aromatic nitrogens is 3. The van der Waals surface area contributed by atoms with Crippen molar-refractivity contribution < 1.29 is 0 Å². The van der Waals surface area contributed by atoms with E-state index in [0.29, 0.717) is 0 Å². The van der Waals surface area contributed by atoms with E-state index in [0.717, 1.165) is 56.7 Å². The fraction of sp³-hybridized carbons (Fsp3) is 0.632. The minimum Gasteiger partial charge on any atom is -0.356 e. The molecule has 0 atom stereocenters. The predicted molar refractivity (Wildman–Crippen MR) is 107 cm³/mol. The number of hydrogen-bond donors (Lipinski definition) is 0. The Kier molecular flexibility index (Phi) is 4.19. The molecule has 2 fully saturated rings. The molecule has 0 saturated carbocycles. The van der Waals surface area contributed by atoms with Crippen molar-refractivity contribution in [2.75, 3.05) is 54.0 Å². The molecule has 0 aromatic carbocycles. The average Bonchev–Trinajstić information content (AvgIpc) is 3.38. The molecule has 2 aromatic heterocycles. The maximum Gasteiger partial charge on any atom is 0.227 e. The third-order valence-corrected chi connectivity index (χ3v) is 6.89. The van der Waals surface area contributed by atoms with E-state index in [1.165, 1.54) is 47.8 Å². The Morgan fingerprint density at radius 1 is 0.808 bits per heavy atom. The molecule has 0 bridgehead atoms. The Hall–Kier alpha value is -1.89. The number of rotatable bonds is 3. The molecule has 26 heavy (non-hydrogen) atoms. The molecule has 7 heteroatoms. The lowest BCUT2D eigenvalue weighted by Gasteiger charge is -2.35. The highest BCUT2D eigenvalue weighted by molar-refractivity contribution is 7.15. The normalized spacial score (nSPS) is 20.1. The number of thiazole rings is 1. The fourth-order valence-electron chi connectivity index (χ4n) is 4.20. The summed E-state index contributed by atoms with van der Waals surface area (Å²) in [5, 5.41) is 1.22. The van der Waals surface area contributed by atoms with Gasteiger partial charge in [-0.2, -0.15) is 4.98 Å². The summed E-state index contributed by atoms with van der Waals surface area (Å²) in [5.41, 5.74) is 2.42. The molecule has 0 unspecified atom stereocenters. The molecular formula is C19H26N6S. The van der Waals surface area contributed by atoms with Crippen LogP contribution in [0.5, 0.6) is 0 Å². The third kappa shape index (κ3) is 3.02. The van der Waals surface area contributed by atoms with Gasteiger partial charge in [0, 0.05) is 55.9 Å². The maximum absolute atomic E-state index is 4.89. The van der Waals surface area contributed by atoms with E-state index in [1.54, 1.807) is 0 Å². The molecule has 4 heterocycles. The van der Waals surface area contributed by atoms with Gasteiger partial charge in [-0.1, -0.05) is 0 Å². The molecule has 3 aliphatic rings.